The highest BCUT2D eigenvalue weighted by molar-refractivity contribution is 5.67. The number of carbonyl (C=O) groups is 1. The molecule has 0 aliphatic carbocycles. The average Bonchev–Trinajstić information content (AvgIpc) is 2.26. The van der Waals surface area contributed by atoms with E-state index in [-0.39, 0.29) is 12.5 Å². The summed E-state index contributed by atoms with van der Waals surface area (Å²) in [7, 11) is 0. The molecular weight excluding hydrogens is 228 g/mol. The van der Waals surface area contributed by atoms with E-state index in [1.807, 2.05) is 12.1 Å². The number of aliphatic carboxylic acids is 1. The molecule has 0 fully saturated rings. The van der Waals surface area contributed by atoms with Gasteiger partial charge in [-0.05, 0) is 30.0 Å². The summed E-state index contributed by atoms with van der Waals surface area (Å²) >= 11 is 0. The SMILES string of the molecule is CC(C)Cc1ccc(NCC(N)CC(=O)O)cc1. The molecule has 100 valence electrons. The van der Waals surface area contributed by atoms with Gasteiger partial charge in [0.15, 0.2) is 0 Å². The van der Waals surface area contributed by atoms with Crippen LogP contribution in [0.3, 0.4) is 0 Å². The third-order valence-electron chi connectivity index (χ3n) is 2.60. The van der Waals surface area contributed by atoms with Crippen LogP contribution in [0.25, 0.3) is 0 Å². The predicted molar refractivity (Wildman–Crippen MR) is 73.7 cm³/mol. The van der Waals surface area contributed by atoms with Gasteiger partial charge < -0.3 is 16.2 Å². The van der Waals surface area contributed by atoms with Crippen molar-refractivity contribution >= 4 is 11.7 Å². The Morgan fingerprint density at radius 2 is 1.94 bits per heavy atom. The van der Waals surface area contributed by atoms with Crippen molar-refractivity contribution in [2.75, 3.05) is 11.9 Å². The molecule has 0 aliphatic heterocycles. The van der Waals surface area contributed by atoms with Crippen LogP contribution in [0.5, 0.6) is 0 Å². The van der Waals surface area contributed by atoms with Crippen molar-refractivity contribution in [2.24, 2.45) is 11.7 Å². The van der Waals surface area contributed by atoms with Crippen LogP contribution < -0.4 is 11.1 Å². The molecule has 4 N–H and O–H groups in total. The summed E-state index contributed by atoms with van der Waals surface area (Å²) in [6.45, 7) is 4.85. The molecular formula is C14H22N2O2. The van der Waals surface area contributed by atoms with Crippen molar-refractivity contribution in [2.45, 2.75) is 32.7 Å². The van der Waals surface area contributed by atoms with E-state index in [2.05, 4.69) is 31.3 Å². The number of carboxylic acid groups (broad SMARTS) is 1. The van der Waals surface area contributed by atoms with Gasteiger partial charge in [-0.3, -0.25) is 4.79 Å². The van der Waals surface area contributed by atoms with Gasteiger partial charge in [-0.1, -0.05) is 26.0 Å². The van der Waals surface area contributed by atoms with Crippen LogP contribution in [-0.4, -0.2) is 23.7 Å². The maximum Gasteiger partial charge on any atom is 0.304 e. The smallest absolute Gasteiger partial charge is 0.304 e. The van der Waals surface area contributed by atoms with Gasteiger partial charge in [0.2, 0.25) is 0 Å². The van der Waals surface area contributed by atoms with Crippen molar-refractivity contribution in [3.05, 3.63) is 29.8 Å². The maximum atomic E-state index is 10.5. The van der Waals surface area contributed by atoms with Gasteiger partial charge in [0, 0.05) is 18.3 Å². The number of nitrogens with one attached hydrogen (secondary N) is 1. The van der Waals surface area contributed by atoms with Gasteiger partial charge in [0.1, 0.15) is 0 Å². The van der Waals surface area contributed by atoms with Crippen molar-refractivity contribution in [1.82, 2.24) is 0 Å². The first-order valence-electron chi connectivity index (χ1n) is 6.27. The summed E-state index contributed by atoms with van der Waals surface area (Å²) in [5.74, 6) is -0.218. The monoisotopic (exact) mass is 250 g/mol. The molecule has 1 aromatic rings. The van der Waals surface area contributed by atoms with Gasteiger partial charge in [0.25, 0.3) is 0 Å². The lowest BCUT2D eigenvalue weighted by atomic mass is 10.0. The molecule has 1 rings (SSSR count). The highest BCUT2D eigenvalue weighted by atomic mass is 16.4. The number of anilines is 1. The zero-order valence-electron chi connectivity index (χ0n) is 11.0. The van der Waals surface area contributed by atoms with Crippen LogP contribution in [0.4, 0.5) is 5.69 Å². The predicted octanol–water partition coefficient (Wildman–Crippen LogP) is 2.10. The van der Waals surface area contributed by atoms with E-state index in [0.717, 1.165) is 12.1 Å². The summed E-state index contributed by atoms with van der Waals surface area (Å²) in [5.41, 5.74) is 7.96. The average molecular weight is 250 g/mol. The minimum atomic E-state index is -0.864. The van der Waals surface area contributed by atoms with E-state index < -0.39 is 5.97 Å². The highest BCUT2D eigenvalue weighted by Crippen LogP contribution is 2.13. The van der Waals surface area contributed by atoms with Crippen LogP contribution in [0.1, 0.15) is 25.8 Å². The summed E-state index contributed by atoms with van der Waals surface area (Å²) in [6.07, 6.45) is 1.05. The Morgan fingerprint density at radius 3 is 2.44 bits per heavy atom. The second kappa shape index (κ2) is 7.01. The Morgan fingerprint density at radius 1 is 1.33 bits per heavy atom. The lowest BCUT2D eigenvalue weighted by Gasteiger charge is -2.12. The molecule has 0 radical (unpaired) electrons. The topological polar surface area (TPSA) is 75.3 Å². The number of benzene rings is 1. The minimum absolute atomic E-state index is 0.0154. The Hall–Kier alpha value is -1.55. The van der Waals surface area contributed by atoms with E-state index >= 15 is 0 Å². The molecule has 18 heavy (non-hydrogen) atoms. The summed E-state index contributed by atoms with van der Waals surface area (Å²) in [5, 5.41) is 11.7. The number of rotatable bonds is 7. The van der Waals surface area contributed by atoms with Gasteiger partial charge in [-0.15, -0.1) is 0 Å². The van der Waals surface area contributed by atoms with Crippen LogP contribution in [0.2, 0.25) is 0 Å². The first-order valence-corrected chi connectivity index (χ1v) is 6.27. The zero-order valence-corrected chi connectivity index (χ0v) is 11.0. The first kappa shape index (κ1) is 14.5. The molecule has 0 heterocycles. The molecule has 0 spiro atoms. The van der Waals surface area contributed by atoms with E-state index in [4.69, 9.17) is 10.8 Å². The largest absolute Gasteiger partial charge is 0.481 e. The molecule has 4 nitrogen and oxygen atoms in total. The third-order valence-corrected chi connectivity index (χ3v) is 2.60. The molecule has 1 atom stereocenters. The minimum Gasteiger partial charge on any atom is -0.481 e. The molecule has 1 unspecified atom stereocenters. The van der Waals surface area contributed by atoms with Gasteiger partial charge in [0.05, 0.1) is 6.42 Å². The molecule has 0 saturated carbocycles. The second-order valence-corrected chi connectivity index (χ2v) is 5.03. The maximum absolute atomic E-state index is 10.5. The fraction of sp³-hybridized carbons (Fsp3) is 0.500. The number of nitrogens with two attached hydrogens (primary N) is 1. The Bertz CT molecular complexity index is 374. The molecule has 0 amide bonds. The van der Waals surface area contributed by atoms with Crippen LogP contribution >= 0.6 is 0 Å². The normalized spacial score (nSPS) is 12.4. The highest BCUT2D eigenvalue weighted by Gasteiger charge is 2.07. The van der Waals surface area contributed by atoms with Crippen molar-refractivity contribution < 1.29 is 9.90 Å². The molecule has 4 heteroatoms. The summed E-state index contributed by atoms with van der Waals surface area (Å²) < 4.78 is 0. The Kier molecular flexibility index (Phi) is 5.65. The lowest BCUT2D eigenvalue weighted by Crippen LogP contribution is -2.31. The van der Waals surface area contributed by atoms with Gasteiger partial charge in [-0.2, -0.15) is 0 Å². The van der Waals surface area contributed by atoms with E-state index in [1.165, 1.54) is 5.56 Å². The quantitative estimate of drug-likeness (QED) is 0.692. The lowest BCUT2D eigenvalue weighted by molar-refractivity contribution is -0.137. The van der Waals surface area contributed by atoms with Crippen LogP contribution in [0, 0.1) is 5.92 Å². The summed E-state index contributed by atoms with van der Waals surface area (Å²) in [4.78, 5) is 10.5. The number of hydrogen-bond donors (Lipinski definition) is 3. The van der Waals surface area contributed by atoms with E-state index in [0.29, 0.717) is 12.5 Å². The summed E-state index contributed by atoms with van der Waals surface area (Å²) in [6, 6.07) is 7.82. The molecule has 0 saturated heterocycles. The first-order chi connectivity index (χ1) is 8.47. The van der Waals surface area contributed by atoms with E-state index in [9.17, 15) is 4.79 Å². The fourth-order valence-corrected chi connectivity index (χ4v) is 1.78. The van der Waals surface area contributed by atoms with Gasteiger partial charge in [-0.25, -0.2) is 0 Å². The standard InChI is InChI=1S/C14H22N2O2/c1-10(2)7-11-3-5-13(6-4-11)16-9-12(15)8-14(17)18/h3-6,10,12,16H,7-9,15H2,1-2H3,(H,17,18). The van der Waals surface area contributed by atoms with Crippen LogP contribution in [-0.2, 0) is 11.2 Å². The van der Waals surface area contributed by atoms with Crippen molar-refractivity contribution in [3.63, 3.8) is 0 Å². The van der Waals surface area contributed by atoms with Crippen molar-refractivity contribution in [3.8, 4) is 0 Å². The fourth-order valence-electron chi connectivity index (χ4n) is 1.78. The Balaban J connectivity index is 2.41. The molecule has 0 aliphatic rings. The third kappa shape index (κ3) is 5.68. The second-order valence-electron chi connectivity index (χ2n) is 5.03. The zero-order chi connectivity index (χ0) is 13.5. The number of hydrogen-bond acceptors (Lipinski definition) is 3. The molecule has 0 bridgehead atoms. The van der Waals surface area contributed by atoms with Gasteiger partial charge >= 0.3 is 5.97 Å². The molecule has 1 aromatic carbocycles. The molecule has 0 aromatic heterocycles. The van der Waals surface area contributed by atoms with Crippen molar-refractivity contribution in [1.29, 1.82) is 0 Å². The van der Waals surface area contributed by atoms with Crippen LogP contribution in [0.15, 0.2) is 24.3 Å². The Labute approximate surface area is 108 Å². The van der Waals surface area contributed by atoms with E-state index in [1.54, 1.807) is 0 Å². The number of carboxylic acids is 1.